The molecule has 0 radical (unpaired) electrons. The van der Waals surface area contributed by atoms with Crippen molar-refractivity contribution in [3.05, 3.63) is 28.8 Å². The molecule has 94 valence electrons. The highest BCUT2D eigenvalue weighted by Crippen LogP contribution is 2.33. The van der Waals surface area contributed by atoms with Gasteiger partial charge in [0.1, 0.15) is 0 Å². The summed E-state index contributed by atoms with van der Waals surface area (Å²) < 4.78 is 0. The van der Waals surface area contributed by atoms with Gasteiger partial charge in [0.2, 0.25) is 0 Å². The second kappa shape index (κ2) is 4.51. The maximum atomic E-state index is 6.20. The predicted molar refractivity (Wildman–Crippen MR) is 74.8 cm³/mol. The van der Waals surface area contributed by atoms with E-state index in [1.54, 1.807) is 0 Å². The summed E-state index contributed by atoms with van der Waals surface area (Å²) in [5.74, 6) is 0. The monoisotopic (exact) mass is 252 g/mol. The van der Waals surface area contributed by atoms with Crippen molar-refractivity contribution < 1.29 is 0 Å². The molecule has 1 saturated heterocycles. The summed E-state index contributed by atoms with van der Waals surface area (Å²) in [6, 6.07) is 6.54. The van der Waals surface area contributed by atoms with Crippen molar-refractivity contribution in [1.82, 2.24) is 0 Å². The Morgan fingerprint density at radius 1 is 1.41 bits per heavy atom. The molecule has 17 heavy (non-hydrogen) atoms. The van der Waals surface area contributed by atoms with Crippen LogP contribution in [0.15, 0.2) is 18.2 Å². The average molecular weight is 253 g/mol. The number of benzene rings is 1. The molecule has 2 N–H and O–H groups in total. The number of hydrogen-bond acceptors (Lipinski definition) is 2. The Hall–Kier alpha value is -0.730. The van der Waals surface area contributed by atoms with Gasteiger partial charge in [-0.25, -0.2) is 0 Å². The minimum atomic E-state index is 0.161. The lowest BCUT2D eigenvalue weighted by Crippen LogP contribution is -2.54. The van der Waals surface area contributed by atoms with Crippen LogP contribution >= 0.6 is 11.6 Å². The third-order valence-corrected chi connectivity index (χ3v) is 4.15. The van der Waals surface area contributed by atoms with Gasteiger partial charge in [-0.2, -0.15) is 0 Å². The molecule has 1 atom stereocenters. The highest BCUT2D eigenvalue weighted by atomic mass is 35.5. The number of hydrogen-bond donors (Lipinski definition) is 1. The molecular formula is C14H21ClN2. The Morgan fingerprint density at radius 3 is 2.76 bits per heavy atom. The molecule has 1 aliphatic heterocycles. The van der Waals surface area contributed by atoms with E-state index in [0.29, 0.717) is 0 Å². The fourth-order valence-electron chi connectivity index (χ4n) is 2.45. The van der Waals surface area contributed by atoms with Gasteiger partial charge in [-0.3, -0.25) is 0 Å². The molecular weight excluding hydrogens is 232 g/mol. The van der Waals surface area contributed by atoms with Crippen molar-refractivity contribution in [2.75, 3.05) is 11.4 Å². The Balaban J connectivity index is 2.33. The van der Waals surface area contributed by atoms with Crippen molar-refractivity contribution in [2.24, 2.45) is 5.73 Å². The topological polar surface area (TPSA) is 29.3 Å². The van der Waals surface area contributed by atoms with Crippen molar-refractivity contribution in [1.29, 1.82) is 0 Å². The zero-order valence-electron chi connectivity index (χ0n) is 10.8. The summed E-state index contributed by atoms with van der Waals surface area (Å²) in [6.45, 7) is 7.48. The maximum Gasteiger partial charge on any atom is 0.0455 e. The van der Waals surface area contributed by atoms with Crippen LogP contribution < -0.4 is 10.6 Å². The van der Waals surface area contributed by atoms with Gasteiger partial charge in [0.05, 0.1) is 0 Å². The molecule has 2 rings (SSSR count). The summed E-state index contributed by atoms with van der Waals surface area (Å²) in [5.41, 5.74) is 8.54. The smallest absolute Gasteiger partial charge is 0.0455 e. The van der Waals surface area contributed by atoms with E-state index in [0.717, 1.165) is 30.0 Å². The van der Waals surface area contributed by atoms with E-state index in [2.05, 4.69) is 36.9 Å². The van der Waals surface area contributed by atoms with E-state index in [9.17, 15) is 0 Å². The van der Waals surface area contributed by atoms with Crippen LogP contribution in [0.5, 0.6) is 0 Å². The lowest BCUT2D eigenvalue weighted by atomic mass is 9.88. The average Bonchev–Trinajstić information content (AvgIpc) is 2.26. The van der Waals surface area contributed by atoms with Crippen molar-refractivity contribution in [3.63, 3.8) is 0 Å². The largest absolute Gasteiger partial charge is 0.365 e. The molecule has 1 fully saturated rings. The Kier molecular flexibility index (Phi) is 3.37. The van der Waals surface area contributed by atoms with Crippen molar-refractivity contribution in [2.45, 2.75) is 45.2 Å². The quantitative estimate of drug-likeness (QED) is 0.831. The van der Waals surface area contributed by atoms with Crippen LogP contribution in [0.2, 0.25) is 5.02 Å². The van der Waals surface area contributed by atoms with Crippen LogP contribution in [0.4, 0.5) is 5.69 Å². The number of halogens is 1. The molecule has 1 heterocycles. The van der Waals surface area contributed by atoms with Crippen LogP contribution in [-0.2, 0) is 0 Å². The molecule has 1 aromatic rings. The van der Waals surface area contributed by atoms with Gasteiger partial charge in [-0.15, -0.1) is 0 Å². The maximum absolute atomic E-state index is 6.20. The summed E-state index contributed by atoms with van der Waals surface area (Å²) in [4.78, 5) is 2.38. The molecule has 0 amide bonds. The normalized spacial score (nSPS) is 23.8. The SMILES string of the molecule is Cc1ccc(N2CC(N)CCC2(C)C)cc1Cl. The van der Waals surface area contributed by atoms with Gasteiger partial charge in [0.15, 0.2) is 0 Å². The Morgan fingerprint density at radius 2 is 2.12 bits per heavy atom. The lowest BCUT2D eigenvalue weighted by Gasteiger charge is -2.46. The van der Waals surface area contributed by atoms with E-state index in [1.165, 1.54) is 5.69 Å². The number of nitrogens with two attached hydrogens (primary N) is 1. The first-order chi connectivity index (χ1) is 7.90. The van der Waals surface area contributed by atoms with Crippen LogP contribution in [0.25, 0.3) is 0 Å². The van der Waals surface area contributed by atoms with E-state index in [4.69, 9.17) is 17.3 Å². The fraction of sp³-hybridized carbons (Fsp3) is 0.571. The van der Waals surface area contributed by atoms with Crippen molar-refractivity contribution in [3.8, 4) is 0 Å². The molecule has 1 aliphatic rings. The van der Waals surface area contributed by atoms with Gasteiger partial charge in [-0.1, -0.05) is 17.7 Å². The van der Waals surface area contributed by atoms with Gasteiger partial charge in [0, 0.05) is 28.8 Å². The highest BCUT2D eigenvalue weighted by molar-refractivity contribution is 6.31. The minimum Gasteiger partial charge on any atom is -0.365 e. The summed E-state index contributed by atoms with van der Waals surface area (Å²) in [7, 11) is 0. The first kappa shape index (κ1) is 12.7. The van der Waals surface area contributed by atoms with Gasteiger partial charge < -0.3 is 10.6 Å². The zero-order chi connectivity index (χ0) is 12.6. The molecule has 3 heteroatoms. The van der Waals surface area contributed by atoms with Gasteiger partial charge in [-0.05, 0) is 51.3 Å². The van der Waals surface area contributed by atoms with Gasteiger partial charge in [0.25, 0.3) is 0 Å². The summed E-state index contributed by atoms with van der Waals surface area (Å²) >= 11 is 6.20. The summed E-state index contributed by atoms with van der Waals surface area (Å²) in [6.07, 6.45) is 2.22. The number of nitrogens with zero attached hydrogens (tertiary/aromatic N) is 1. The third-order valence-electron chi connectivity index (χ3n) is 3.74. The minimum absolute atomic E-state index is 0.161. The zero-order valence-corrected chi connectivity index (χ0v) is 11.6. The Bertz CT molecular complexity index is 415. The van der Waals surface area contributed by atoms with E-state index in [1.807, 2.05) is 6.92 Å². The first-order valence-corrected chi connectivity index (χ1v) is 6.57. The number of piperidine rings is 1. The second-order valence-electron chi connectivity index (χ2n) is 5.66. The van der Waals surface area contributed by atoms with Gasteiger partial charge >= 0.3 is 0 Å². The molecule has 0 aliphatic carbocycles. The highest BCUT2D eigenvalue weighted by Gasteiger charge is 2.33. The Labute approximate surface area is 109 Å². The summed E-state index contributed by atoms with van der Waals surface area (Å²) in [5, 5.41) is 0.831. The third kappa shape index (κ3) is 2.58. The predicted octanol–water partition coefficient (Wildman–Crippen LogP) is 3.35. The molecule has 0 bridgehead atoms. The first-order valence-electron chi connectivity index (χ1n) is 6.19. The standard InChI is InChI=1S/C14H21ClN2/c1-10-4-5-12(8-13(10)15)17-9-11(16)6-7-14(17,2)3/h4-5,8,11H,6-7,9,16H2,1-3H3. The van der Waals surface area contributed by atoms with Crippen LogP contribution in [0.1, 0.15) is 32.3 Å². The molecule has 1 aromatic carbocycles. The van der Waals surface area contributed by atoms with Crippen molar-refractivity contribution >= 4 is 17.3 Å². The number of anilines is 1. The molecule has 0 saturated carbocycles. The van der Waals surface area contributed by atoms with Crippen LogP contribution in [0, 0.1) is 6.92 Å². The van der Waals surface area contributed by atoms with Crippen LogP contribution in [0.3, 0.4) is 0 Å². The molecule has 0 spiro atoms. The molecule has 2 nitrogen and oxygen atoms in total. The number of aryl methyl sites for hydroxylation is 1. The van der Waals surface area contributed by atoms with E-state index in [-0.39, 0.29) is 11.6 Å². The van der Waals surface area contributed by atoms with E-state index < -0.39 is 0 Å². The lowest BCUT2D eigenvalue weighted by molar-refractivity contribution is 0.335. The molecule has 1 unspecified atom stereocenters. The van der Waals surface area contributed by atoms with E-state index >= 15 is 0 Å². The molecule has 0 aromatic heterocycles. The van der Waals surface area contributed by atoms with Crippen LogP contribution in [-0.4, -0.2) is 18.1 Å². The second-order valence-corrected chi connectivity index (χ2v) is 6.06. The number of rotatable bonds is 1. The fourth-order valence-corrected chi connectivity index (χ4v) is 2.63.